The molecule has 1 aromatic rings. The average molecular weight is 267 g/mol. The molecule has 1 rings (SSSR count). The van der Waals surface area contributed by atoms with Crippen LogP contribution in [0.3, 0.4) is 0 Å². The summed E-state index contributed by atoms with van der Waals surface area (Å²) in [7, 11) is 0. The molecule has 0 radical (unpaired) electrons. The smallest absolute Gasteiger partial charge is 0.303 e. The number of primary amides is 1. The van der Waals surface area contributed by atoms with E-state index in [-0.39, 0.29) is 24.4 Å². The van der Waals surface area contributed by atoms with E-state index in [9.17, 15) is 14.4 Å². The van der Waals surface area contributed by atoms with Gasteiger partial charge in [0.25, 0.3) is 0 Å². The molecule has 0 fully saturated rings. The molecule has 5 nitrogen and oxygen atoms in total. The summed E-state index contributed by atoms with van der Waals surface area (Å²) in [5, 5.41) is 8.48. The number of carbonyl (C=O) groups excluding carboxylic acids is 2. The Kier molecular flexibility index (Phi) is 5.38. The van der Waals surface area contributed by atoms with E-state index in [2.05, 4.69) is 0 Å². The fourth-order valence-electron chi connectivity index (χ4n) is 1.26. The van der Waals surface area contributed by atoms with Gasteiger partial charge in [-0.2, -0.15) is 0 Å². The lowest BCUT2D eigenvalue weighted by Crippen LogP contribution is -2.12. The first-order valence-electron chi connectivity index (χ1n) is 5.25. The van der Waals surface area contributed by atoms with E-state index in [4.69, 9.17) is 10.8 Å². The molecule has 0 saturated carbocycles. The zero-order chi connectivity index (χ0) is 13.5. The van der Waals surface area contributed by atoms with Crippen LogP contribution in [0.1, 0.15) is 23.2 Å². The Labute approximate surface area is 108 Å². The summed E-state index contributed by atoms with van der Waals surface area (Å²) < 4.78 is 0. The molecule has 0 unspecified atom stereocenters. The maximum absolute atomic E-state index is 11.6. The van der Waals surface area contributed by atoms with Crippen molar-refractivity contribution < 1.29 is 19.5 Å². The highest BCUT2D eigenvalue weighted by atomic mass is 32.2. The van der Waals surface area contributed by atoms with Gasteiger partial charge in [0.15, 0.2) is 5.78 Å². The van der Waals surface area contributed by atoms with Crippen molar-refractivity contribution >= 4 is 29.4 Å². The Morgan fingerprint density at radius 2 is 1.72 bits per heavy atom. The molecular formula is C12H13NO4S. The fourth-order valence-corrected chi connectivity index (χ4v) is 1.89. The SMILES string of the molecule is NC(=O)CSc1ccc(C(=O)CCC(=O)O)cc1. The van der Waals surface area contributed by atoms with Crippen LogP contribution in [0.4, 0.5) is 0 Å². The molecule has 0 heterocycles. The van der Waals surface area contributed by atoms with Crippen LogP contribution < -0.4 is 5.73 Å². The number of carbonyl (C=O) groups is 3. The van der Waals surface area contributed by atoms with Gasteiger partial charge in [0.1, 0.15) is 0 Å². The van der Waals surface area contributed by atoms with Crippen molar-refractivity contribution in [2.45, 2.75) is 17.7 Å². The normalized spacial score (nSPS) is 10.0. The van der Waals surface area contributed by atoms with Crippen LogP contribution in [0.15, 0.2) is 29.2 Å². The van der Waals surface area contributed by atoms with Gasteiger partial charge in [-0.05, 0) is 12.1 Å². The minimum absolute atomic E-state index is 0.0108. The third-order valence-electron chi connectivity index (χ3n) is 2.12. The molecular weight excluding hydrogens is 254 g/mol. The Morgan fingerprint density at radius 1 is 1.11 bits per heavy atom. The van der Waals surface area contributed by atoms with Gasteiger partial charge in [-0.25, -0.2) is 0 Å². The van der Waals surface area contributed by atoms with Crippen LogP contribution in [0.2, 0.25) is 0 Å². The zero-order valence-electron chi connectivity index (χ0n) is 9.59. The number of ketones is 1. The first kappa shape index (κ1) is 14.2. The lowest BCUT2D eigenvalue weighted by atomic mass is 10.1. The second kappa shape index (κ2) is 6.80. The van der Waals surface area contributed by atoms with Crippen LogP contribution in [0.25, 0.3) is 0 Å². The number of thioether (sulfide) groups is 1. The zero-order valence-corrected chi connectivity index (χ0v) is 10.4. The van der Waals surface area contributed by atoms with E-state index in [1.165, 1.54) is 11.8 Å². The maximum Gasteiger partial charge on any atom is 0.303 e. The van der Waals surface area contributed by atoms with Crippen molar-refractivity contribution in [2.24, 2.45) is 5.73 Å². The van der Waals surface area contributed by atoms with Crippen molar-refractivity contribution in [3.8, 4) is 0 Å². The monoisotopic (exact) mass is 267 g/mol. The van der Waals surface area contributed by atoms with E-state index in [0.717, 1.165) is 4.90 Å². The number of hydrogen-bond donors (Lipinski definition) is 2. The summed E-state index contributed by atoms with van der Waals surface area (Å²) >= 11 is 1.29. The van der Waals surface area contributed by atoms with Crippen molar-refractivity contribution in [3.63, 3.8) is 0 Å². The molecule has 0 bridgehead atoms. The van der Waals surface area contributed by atoms with E-state index >= 15 is 0 Å². The molecule has 18 heavy (non-hydrogen) atoms. The van der Waals surface area contributed by atoms with Gasteiger partial charge in [-0.3, -0.25) is 14.4 Å². The van der Waals surface area contributed by atoms with Crippen LogP contribution in [-0.2, 0) is 9.59 Å². The summed E-state index contributed by atoms with van der Waals surface area (Å²) in [5.41, 5.74) is 5.49. The standard InChI is InChI=1S/C12H13NO4S/c13-11(15)7-18-9-3-1-8(2-4-9)10(14)5-6-12(16)17/h1-4H,5-7H2,(H2,13,15)(H,16,17). The first-order valence-corrected chi connectivity index (χ1v) is 6.24. The fraction of sp³-hybridized carbons (Fsp3) is 0.250. The highest BCUT2D eigenvalue weighted by Crippen LogP contribution is 2.18. The molecule has 1 aromatic carbocycles. The maximum atomic E-state index is 11.6. The number of rotatable bonds is 7. The first-order chi connectivity index (χ1) is 8.49. The number of hydrogen-bond acceptors (Lipinski definition) is 4. The van der Waals surface area contributed by atoms with Crippen molar-refractivity contribution in [1.29, 1.82) is 0 Å². The van der Waals surface area contributed by atoms with Gasteiger partial charge in [0.05, 0.1) is 12.2 Å². The second-order valence-electron chi connectivity index (χ2n) is 3.60. The quantitative estimate of drug-likeness (QED) is 0.573. The predicted molar refractivity (Wildman–Crippen MR) is 67.6 cm³/mol. The van der Waals surface area contributed by atoms with Gasteiger partial charge in [-0.15, -0.1) is 11.8 Å². The Balaban J connectivity index is 2.56. The van der Waals surface area contributed by atoms with Gasteiger partial charge >= 0.3 is 5.97 Å². The molecule has 1 amide bonds. The second-order valence-corrected chi connectivity index (χ2v) is 4.65. The number of aliphatic carboxylic acids is 1. The van der Waals surface area contributed by atoms with Crippen LogP contribution in [-0.4, -0.2) is 28.5 Å². The molecule has 3 N–H and O–H groups in total. The Bertz CT molecular complexity index is 456. The van der Waals surface area contributed by atoms with Crippen molar-refractivity contribution in [2.75, 3.05) is 5.75 Å². The molecule has 0 atom stereocenters. The molecule has 0 aliphatic carbocycles. The highest BCUT2D eigenvalue weighted by Gasteiger charge is 2.08. The molecule has 6 heteroatoms. The predicted octanol–water partition coefficient (Wildman–Crippen LogP) is 1.31. The number of carboxylic acid groups (broad SMARTS) is 1. The number of nitrogens with two attached hydrogens (primary N) is 1. The lowest BCUT2D eigenvalue weighted by molar-refractivity contribution is -0.137. The van der Waals surface area contributed by atoms with E-state index in [0.29, 0.717) is 5.56 Å². The topological polar surface area (TPSA) is 97.5 Å². The Hall–Kier alpha value is -1.82. The summed E-state index contributed by atoms with van der Waals surface area (Å²) in [6, 6.07) is 6.66. The Morgan fingerprint density at radius 3 is 2.22 bits per heavy atom. The number of benzene rings is 1. The molecule has 0 aliphatic heterocycles. The summed E-state index contributed by atoms with van der Waals surface area (Å²) in [5.74, 6) is -1.41. The third-order valence-corrected chi connectivity index (χ3v) is 3.16. The van der Waals surface area contributed by atoms with E-state index in [1.807, 2.05) is 0 Å². The van der Waals surface area contributed by atoms with Crippen molar-refractivity contribution in [1.82, 2.24) is 0 Å². The van der Waals surface area contributed by atoms with E-state index < -0.39 is 11.9 Å². The minimum Gasteiger partial charge on any atom is -0.481 e. The molecule has 0 aromatic heterocycles. The lowest BCUT2D eigenvalue weighted by Gasteiger charge is -2.02. The van der Waals surface area contributed by atoms with Crippen LogP contribution >= 0.6 is 11.8 Å². The van der Waals surface area contributed by atoms with Gasteiger partial charge in [-0.1, -0.05) is 12.1 Å². The third kappa shape index (κ3) is 5.01. The molecule has 96 valence electrons. The number of carboxylic acids is 1. The van der Waals surface area contributed by atoms with Crippen LogP contribution in [0, 0.1) is 0 Å². The van der Waals surface area contributed by atoms with Gasteiger partial charge in [0, 0.05) is 16.9 Å². The molecule has 0 spiro atoms. The summed E-state index contributed by atoms with van der Waals surface area (Å²) in [6.45, 7) is 0. The molecule has 0 saturated heterocycles. The minimum atomic E-state index is -0.989. The highest BCUT2D eigenvalue weighted by molar-refractivity contribution is 8.00. The average Bonchev–Trinajstić information content (AvgIpc) is 2.34. The summed E-state index contributed by atoms with van der Waals surface area (Å²) in [4.78, 5) is 33.3. The number of amides is 1. The summed E-state index contributed by atoms with van der Waals surface area (Å²) in [6.07, 6.45) is -0.180. The van der Waals surface area contributed by atoms with E-state index in [1.54, 1.807) is 24.3 Å². The van der Waals surface area contributed by atoms with Gasteiger partial charge in [0.2, 0.25) is 5.91 Å². The largest absolute Gasteiger partial charge is 0.481 e. The number of Topliss-reactive ketones (excluding diaryl/α,β-unsaturated/α-hetero) is 1. The van der Waals surface area contributed by atoms with Crippen LogP contribution in [0.5, 0.6) is 0 Å². The molecule has 0 aliphatic rings. The van der Waals surface area contributed by atoms with Crippen molar-refractivity contribution in [3.05, 3.63) is 29.8 Å². The van der Waals surface area contributed by atoms with Gasteiger partial charge < -0.3 is 10.8 Å².